The number of benzene rings is 1. The number of nitro benzene ring substituents is 1. The summed E-state index contributed by atoms with van der Waals surface area (Å²) in [4.78, 5) is 25.6. The van der Waals surface area contributed by atoms with Gasteiger partial charge in [-0.2, -0.15) is 0 Å². The number of non-ortho nitro benzene ring substituents is 1. The van der Waals surface area contributed by atoms with Gasteiger partial charge in [0, 0.05) is 30.1 Å². The van der Waals surface area contributed by atoms with Gasteiger partial charge in [-0.15, -0.1) is 11.8 Å². The number of hydrogen-bond donors (Lipinski definition) is 0. The van der Waals surface area contributed by atoms with Crippen molar-refractivity contribution in [2.75, 3.05) is 7.05 Å². The lowest BCUT2D eigenvalue weighted by atomic mass is 9.86. The van der Waals surface area contributed by atoms with Crippen LogP contribution in [0.4, 0.5) is 5.69 Å². The molecule has 1 saturated carbocycles. The maximum Gasteiger partial charge on any atom is 0.269 e. The number of nitro groups is 1. The summed E-state index contributed by atoms with van der Waals surface area (Å²) in [6.45, 7) is 4.17. The summed E-state index contributed by atoms with van der Waals surface area (Å²) in [5, 5.41) is 10.5. The minimum Gasteiger partial charge on any atom is -0.342 e. The van der Waals surface area contributed by atoms with Crippen LogP contribution in [0.3, 0.4) is 0 Å². The molecule has 1 aliphatic carbocycles. The molecule has 0 saturated heterocycles. The van der Waals surface area contributed by atoms with Gasteiger partial charge in [0.25, 0.3) is 5.69 Å². The molecule has 0 heterocycles. The fourth-order valence-corrected chi connectivity index (χ4v) is 3.97. The van der Waals surface area contributed by atoms with E-state index in [0.29, 0.717) is 6.04 Å². The molecule has 0 spiro atoms. The third-order valence-corrected chi connectivity index (χ3v) is 5.69. The third kappa shape index (κ3) is 4.70. The van der Waals surface area contributed by atoms with Gasteiger partial charge in [0.1, 0.15) is 0 Å². The SMILES string of the molecule is CC1CCC(N(C)C(=O)C(C)Sc2ccc([N+](=O)[O-])cc2)CC1. The van der Waals surface area contributed by atoms with Crippen LogP contribution in [0.2, 0.25) is 0 Å². The zero-order valence-electron chi connectivity index (χ0n) is 13.9. The number of carbonyl (C=O) groups is 1. The summed E-state index contributed by atoms with van der Waals surface area (Å²) >= 11 is 1.45. The summed E-state index contributed by atoms with van der Waals surface area (Å²) in [5.41, 5.74) is 0.0711. The molecule has 0 aliphatic heterocycles. The predicted molar refractivity (Wildman–Crippen MR) is 92.6 cm³/mol. The first-order valence-electron chi connectivity index (χ1n) is 8.06. The van der Waals surface area contributed by atoms with Gasteiger partial charge in [-0.05, 0) is 50.7 Å². The van der Waals surface area contributed by atoms with Crippen LogP contribution in [0, 0.1) is 16.0 Å². The second-order valence-electron chi connectivity index (χ2n) is 6.37. The Morgan fingerprint density at radius 3 is 2.35 bits per heavy atom. The molecular formula is C17H24N2O3S. The molecule has 1 fully saturated rings. The van der Waals surface area contributed by atoms with E-state index in [-0.39, 0.29) is 16.8 Å². The first kappa shape index (κ1) is 17.8. The molecule has 0 radical (unpaired) electrons. The van der Waals surface area contributed by atoms with Gasteiger partial charge >= 0.3 is 0 Å². The standard InChI is InChI=1S/C17H24N2O3S/c1-12-4-6-14(7-5-12)18(3)17(20)13(2)23-16-10-8-15(9-11-16)19(21)22/h8-14H,4-7H2,1-3H3. The second-order valence-corrected chi connectivity index (χ2v) is 7.79. The van der Waals surface area contributed by atoms with Crippen molar-refractivity contribution in [3.8, 4) is 0 Å². The molecular weight excluding hydrogens is 312 g/mol. The number of amides is 1. The number of carbonyl (C=O) groups excluding carboxylic acids is 1. The Hall–Kier alpha value is -1.56. The molecule has 0 bridgehead atoms. The van der Waals surface area contributed by atoms with Crippen LogP contribution >= 0.6 is 11.8 Å². The van der Waals surface area contributed by atoms with Crippen LogP contribution in [0.1, 0.15) is 39.5 Å². The maximum atomic E-state index is 12.6. The number of rotatable bonds is 5. The first-order chi connectivity index (χ1) is 10.9. The molecule has 1 atom stereocenters. The van der Waals surface area contributed by atoms with Crippen molar-refractivity contribution >= 4 is 23.4 Å². The average Bonchev–Trinajstić information content (AvgIpc) is 2.54. The van der Waals surface area contributed by atoms with Crippen molar-refractivity contribution < 1.29 is 9.72 Å². The van der Waals surface area contributed by atoms with Crippen LogP contribution in [-0.2, 0) is 4.79 Å². The fraction of sp³-hybridized carbons (Fsp3) is 0.588. The van der Waals surface area contributed by atoms with Crippen LogP contribution in [0.25, 0.3) is 0 Å². The molecule has 1 unspecified atom stereocenters. The highest BCUT2D eigenvalue weighted by Crippen LogP contribution is 2.30. The van der Waals surface area contributed by atoms with Gasteiger partial charge in [-0.1, -0.05) is 6.92 Å². The summed E-state index contributed by atoms with van der Waals surface area (Å²) in [7, 11) is 1.90. The van der Waals surface area contributed by atoms with Crippen molar-refractivity contribution in [3.63, 3.8) is 0 Å². The third-order valence-electron chi connectivity index (χ3n) is 4.59. The van der Waals surface area contributed by atoms with Crippen molar-refractivity contribution in [3.05, 3.63) is 34.4 Å². The first-order valence-corrected chi connectivity index (χ1v) is 8.94. The Labute approximate surface area is 141 Å². The lowest BCUT2D eigenvalue weighted by Gasteiger charge is -2.34. The van der Waals surface area contributed by atoms with Crippen molar-refractivity contribution in [1.29, 1.82) is 0 Å². The van der Waals surface area contributed by atoms with Crippen molar-refractivity contribution in [1.82, 2.24) is 4.90 Å². The van der Waals surface area contributed by atoms with Crippen LogP contribution in [-0.4, -0.2) is 34.1 Å². The van der Waals surface area contributed by atoms with Gasteiger partial charge in [-0.25, -0.2) is 0 Å². The smallest absolute Gasteiger partial charge is 0.269 e. The highest BCUT2D eigenvalue weighted by molar-refractivity contribution is 8.00. The summed E-state index contributed by atoms with van der Waals surface area (Å²) in [5.74, 6) is 0.898. The Balaban J connectivity index is 1.92. The van der Waals surface area contributed by atoms with E-state index in [2.05, 4.69) is 6.92 Å². The van der Waals surface area contributed by atoms with Crippen LogP contribution in [0.5, 0.6) is 0 Å². The molecule has 1 aromatic carbocycles. The predicted octanol–water partition coefficient (Wildman–Crippen LogP) is 4.11. The topological polar surface area (TPSA) is 63.5 Å². The van der Waals surface area contributed by atoms with Gasteiger partial charge in [0.2, 0.25) is 5.91 Å². The van der Waals surface area contributed by atoms with Gasteiger partial charge in [0.05, 0.1) is 10.2 Å². The van der Waals surface area contributed by atoms with E-state index in [4.69, 9.17) is 0 Å². The minimum atomic E-state index is -0.416. The Kier molecular flexibility index (Phi) is 6.04. The molecule has 5 nitrogen and oxygen atoms in total. The van der Waals surface area contributed by atoms with Crippen LogP contribution in [0.15, 0.2) is 29.2 Å². The van der Waals surface area contributed by atoms with E-state index < -0.39 is 4.92 Å². The molecule has 1 amide bonds. The second kappa shape index (κ2) is 7.81. The summed E-state index contributed by atoms with van der Waals surface area (Å²) < 4.78 is 0. The molecule has 1 aromatic rings. The van der Waals surface area contributed by atoms with E-state index in [1.807, 2.05) is 18.9 Å². The highest BCUT2D eigenvalue weighted by atomic mass is 32.2. The van der Waals surface area contributed by atoms with Crippen LogP contribution < -0.4 is 0 Å². The zero-order valence-corrected chi connectivity index (χ0v) is 14.7. The fourth-order valence-electron chi connectivity index (χ4n) is 3.00. The number of hydrogen-bond acceptors (Lipinski definition) is 4. The average molecular weight is 336 g/mol. The molecule has 6 heteroatoms. The lowest BCUT2D eigenvalue weighted by molar-refractivity contribution is -0.384. The molecule has 0 aromatic heterocycles. The Bertz CT molecular complexity index is 553. The quantitative estimate of drug-likeness (QED) is 0.461. The highest BCUT2D eigenvalue weighted by Gasteiger charge is 2.27. The molecule has 0 N–H and O–H groups in total. The van der Waals surface area contributed by atoms with E-state index in [0.717, 1.165) is 23.7 Å². The zero-order chi connectivity index (χ0) is 17.0. The summed E-state index contributed by atoms with van der Waals surface area (Å²) in [6.07, 6.45) is 4.54. The van der Waals surface area contributed by atoms with Gasteiger partial charge < -0.3 is 4.90 Å². The number of nitrogens with zero attached hydrogens (tertiary/aromatic N) is 2. The lowest BCUT2D eigenvalue weighted by Crippen LogP contribution is -2.42. The van der Waals surface area contributed by atoms with E-state index in [1.54, 1.807) is 12.1 Å². The molecule has 1 aliphatic rings. The maximum absolute atomic E-state index is 12.6. The summed E-state index contributed by atoms with van der Waals surface area (Å²) in [6, 6.07) is 6.71. The van der Waals surface area contributed by atoms with Gasteiger partial charge in [-0.3, -0.25) is 14.9 Å². The van der Waals surface area contributed by atoms with Gasteiger partial charge in [0.15, 0.2) is 0 Å². The Morgan fingerprint density at radius 2 is 1.83 bits per heavy atom. The van der Waals surface area contributed by atoms with E-state index >= 15 is 0 Å². The van der Waals surface area contributed by atoms with E-state index in [9.17, 15) is 14.9 Å². The minimum absolute atomic E-state index is 0.0711. The molecule has 2 rings (SSSR count). The van der Waals surface area contributed by atoms with E-state index in [1.165, 1.54) is 36.7 Å². The molecule has 23 heavy (non-hydrogen) atoms. The van der Waals surface area contributed by atoms with Crippen molar-refractivity contribution in [2.45, 2.75) is 55.7 Å². The normalized spacial score (nSPS) is 22.4. The largest absolute Gasteiger partial charge is 0.342 e. The number of thioether (sulfide) groups is 1. The van der Waals surface area contributed by atoms with Crippen molar-refractivity contribution in [2.24, 2.45) is 5.92 Å². The Morgan fingerprint density at radius 1 is 1.26 bits per heavy atom. The molecule has 126 valence electrons. The monoisotopic (exact) mass is 336 g/mol.